The Kier molecular flexibility index (Phi) is 3.52. The van der Waals surface area contributed by atoms with Crippen molar-refractivity contribution in [3.8, 4) is 0 Å². The zero-order valence-corrected chi connectivity index (χ0v) is 13.3. The van der Waals surface area contributed by atoms with Crippen LogP contribution in [0.1, 0.15) is 28.5 Å². The van der Waals surface area contributed by atoms with Gasteiger partial charge in [-0.1, -0.05) is 0 Å². The number of fused-ring (bicyclic) bond motifs is 1. The van der Waals surface area contributed by atoms with E-state index in [1.165, 1.54) is 24.3 Å². The van der Waals surface area contributed by atoms with E-state index in [4.69, 9.17) is 0 Å². The second kappa shape index (κ2) is 5.70. The van der Waals surface area contributed by atoms with Crippen molar-refractivity contribution >= 4 is 17.1 Å². The zero-order valence-electron chi connectivity index (χ0n) is 13.3. The summed E-state index contributed by atoms with van der Waals surface area (Å²) in [7, 11) is 1.96. The number of hydrogen-bond donors (Lipinski definition) is 0. The standard InChI is InChI=1S/C18H17FN4O/c1-22-16(21-15-3-2-9-20-17(15)22)13-8-10-23(11-13)18(24)12-4-6-14(19)7-5-12/h2-7,9,13H,8,10-11H2,1H3. The summed E-state index contributed by atoms with van der Waals surface area (Å²) in [5.41, 5.74) is 2.25. The molecule has 0 aliphatic carbocycles. The number of carbonyl (C=O) groups excluding carboxylic acids is 1. The van der Waals surface area contributed by atoms with E-state index in [2.05, 4.69) is 9.97 Å². The number of aromatic nitrogens is 3. The van der Waals surface area contributed by atoms with Gasteiger partial charge in [0.25, 0.3) is 5.91 Å². The third-order valence-corrected chi connectivity index (χ3v) is 4.59. The number of carbonyl (C=O) groups is 1. The monoisotopic (exact) mass is 324 g/mol. The molecule has 24 heavy (non-hydrogen) atoms. The Morgan fingerprint density at radius 3 is 2.79 bits per heavy atom. The van der Waals surface area contributed by atoms with E-state index < -0.39 is 0 Å². The molecule has 1 unspecified atom stereocenters. The Morgan fingerprint density at radius 1 is 1.25 bits per heavy atom. The highest BCUT2D eigenvalue weighted by Crippen LogP contribution is 2.29. The molecule has 0 spiro atoms. The molecule has 0 N–H and O–H groups in total. The van der Waals surface area contributed by atoms with Crippen molar-refractivity contribution in [1.82, 2.24) is 19.4 Å². The number of rotatable bonds is 2. The van der Waals surface area contributed by atoms with Crippen molar-refractivity contribution in [1.29, 1.82) is 0 Å². The number of aryl methyl sites for hydroxylation is 1. The molecule has 2 aromatic heterocycles. The topological polar surface area (TPSA) is 51.0 Å². The van der Waals surface area contributed by atoms with Crippen LogP contribution in [0, 0.1) is 5.82 Å². The fourth-order valence-electron chi connectivity index (χ4n) is 3.34. The van der Waals surface area contributed by atoms with Gasteiger partial charge in [-0.05, 0) is 42.8 Å². The van der Waals surface area contributed by atoms with Crippen molar-refractivity contribution in [2.75, 3.05) is 13.1 Å². The highest BCUT2D eigenvalue weighted by atomic mass is 19.1. The molecule has 1 aliphatic heterocycles. The Hall–Kier alpha value is -2.76. The lowest BCUT2D eigenvalue weighted by molar-refractivity contribution is 0.0790. The van der Waals surface area contributed by atoms with E-state index in [0.717, 1.165) is 23.4 Å². The van der Waals surface area contributed by atoms with Gasteiger partial charge in [-0.25, -0.2) is 14.4 Å². The van der Waals surface area contributed by atoms with E-state index in [0.29, 0.717) is 18.7 Å². The summed E-state index contributed by atoms with van der Waals surface area (Å²) in [6.45, 7) is 1.30. The number of likely N-dealkylation sites (tertiary alicyclic amines) is 1. The molecule has 5 nitrogen and oxygen atoms in total. The van der Waals surface area contributed by atoms with Crippen LogP contribution in [0.5, 0.6) is 0 Å². The van der Waals surface area contributed by atoms with Gasteiger partial charge < -0.3 is 9.47 Å². The minimum Gasteiger partial charge on any atom is -0.338 e. The summed E-state index contributed by atoms with van der Waals surface area (Å²) in [6.07, 6.45) is 2.62. The molecule has 4 rings (SSSR count). The highest BCUT2D eigenvalue weighted by molar-refractivity contribution is 5.94. The second-order valence-corrected chi connectivity index (χ2v) is 6.12. The Balaban J connectivity index is 1.56. The molecular weight excluding hydrogens is 307 g/mol. The van der Waals surface area contributed by atoms with E-state index in [-0.39, 0.29) is 17.6 Å². The van der Waals surface area contributed by atoms with Gasteiger partial charge in [-0.15, -0.1) is 0 Å². The first-order valence-corrected chi connectivity index (χ1v) is 7.95. The number of hydrogen-bond acceptors (Lipinski definition) is 3. The average Bonchev–Trinajstić information content (AvgIpc) is 3.20. The first kappa shape index (κ1) is 14.8. The van der Waals surface area contributed by atoms with Gasteiger partial charge in [0.15, 0.2) is 5.65 Å². The normalized spacial score (nSPS) is 17.6. The van der Waals surface area contributed by atoms with E-state index in [9.17, 15) is 9.18 Å². The molecule has 1 aliphatic rings. The Labute approximate surface area is 138 Å². The highest BCUT2D eigenvalue weighted by Gasteiger charge is 2.31. The molecule has 1 amide bonds. The average molecular weight is 324 g/mol. The molecule has 122 valence electrons. The quantitative estimate of drug-likeness (QED) is 0.728. The first-order chi connectivity index (χ1) is 11.6. The van der Waals surface area contributed by atoms with Crippen molar-refractivity contribution < 1.29 is 9.18 Å². The fourth-order valence-corrected chi connectivity index (χ4v) is 3.34. The summed E-state index contributed by atoms with van der Waals surface area (Å²) in [5.74, 6) is 0.749. The largest absolute Gasteiger partial charge is 0.338 e. The van der Waals surface area contributed by atoms with Crippen molar-refractivity contribution in [2.24, 2.45) is 7.05 Å². The molecule has 1 atom stereocenters. The molecule has 1 saturated heterocycles. The lowest BCUT2D eigenvalue weighted by atomic mass is 10.1. The third kappa shape index (κ3) is 2.44. The first-order valence-electron chi connectivity index (χ1n) is 7.95. The maximum Gasteiger partial charge on any atom is 0.253 e. The zero-order chi connectivity index (χ0) is 16.7. The van der Waals surface area contributed by atoms with Crippen LogP contribution >= 0.6 is 0 Å². The SMILES string of the molecule is Cn1c(C2CCN(C(=O)c3ccc(F)cc3)C2)nc2cccnc21. The maximum atomic E-state index is 13.0. The summed E-state index contributed by atoms with van der Waals surface area (Å²) in [6, 6.07) is 9.52. The fraction of sp³-hybridized carbons (Fsp3) is 0.278. The van der Waals surface area contributed by atoms with Crippen LogP contribution in [0.15, 0.2) is 42.6 Å². The van der Waals surface area contributed by atoms with Crippen molar-refractivity contribution in [3.05, 3.63) is 59.8 Å². The Bertz CT molecular complexity index is 903. The van der Waals surface area contributed by atoms with Crippen molar-refractivity contribution in [3.63, 3.8) is 0 Å². The maximum absolute atomic E-state index is 13.0. The van der Waals surface area contributed by atoms with Gasteiger partial charge in [0.2, 0.25) is 0 Å². The van der Waals surface area contributed by atoms with Crippen LogP contribution in [-0.4, -0.2) is 38.4 Å². The minimum absolute atomic E-state index is 0.0608. The number of nitrogens with zero attached hydrogens (tertiary/aromatic N) is 4. The van der Waals surface area contributed by atoms with E-state index in [1.807, 2.05) is 28.6 Å². The molecule has 0 bridgehead atoms. The van der Waals surface area contributed by atoms with E-state index in [1.54, 1.807) is 6.20 Å². The molecule has 1 aromatic carbocycles. The van der Waals surface area contributed by atoms with Crippen LogP contribution in [0.25, 0.3) is 11.2 Å². The van der Waals surface area contributed by atoms with Crippen LogP contribution in [0.3, 0.4) is 0 Å². The lowest BCUT2D eigenvalue weighted by Crippen LogP contribution is -2.28. The van der Waals surface area contributed by atoms with E-state index >= 15 is 0 Å². The summed E-state index contributed by atoms with van der Waals surface area (Å²) in [4.78, 5) is 23.4. The predicted octanol–water partition coefficient (Wildman–Crippen LogP) is 2.74. The minimum atomic E-state index is -0.335. The Morgan fingerprint density at radius 2 is 2.04 bits per heavy atom. The number of pyridine rings is 1. The van der Waals surface area contributed by atoms with Gasteiger partial charge in [-0.3, -0.25) is 4.79 Å². The second-order valence-electron chi connectivity index (χ2n) is 6.12. The molecule has 3 heterocycles. The van der Waals surface area contributed by atoms with Crippen LogP contribution < -0.4 is 0 Å². The van der Waals surface area contributed by atoms with Crippen LogP contribution in [0.2, 0.25) is 0 Å². The third-order valence-electron chi connectivity index (χ3n) is 4.59. The van der Waals surface area contributed by atoms with Crippen LogP contribution in [0.4, 0.5) is 4.39 Å². The van der Waals surface area contributed by atoms with Gasteiger partial charge in [0, 0.05) is 37.8 Å². The van der Waals surface area contributed by atoms with Crippen LogP contribution in [-0.2, 0) is 7.05 Å². The summed E-state index contributed by atoms with van der Waals surface area (Å²) >= 11 is 0. The number of imidazole rings is 1. The molecular formula is C18H17FN4O. The number of halogens is 1. The number of benzene rings is 1. The van der Waals surface area contributed by atoms with Gasteiger partial charge in [0.05, 0.1) is 0 Å². The van der Waals surface area contributed by atoms with Gasteiger partial charge in [-0.2, -0.15) is 0 Å². The molecule has 3 aromatic rings. The van der Waals surface area contributed by atoms with Crippen molar-refractivity contribution in [2.45, 2.75) is 12.3 Å². The smallest absolute Gasteiger partial charge is 0.253 e. The molecule has 0 saturated carbocycles. The molecule has 1 fully saturated rings. The van der Waals surface area contributed by atoms with Gasteiger partial charge in [0.1, 0.15) is 17.2 Å². The lowest BCUT2D eigenvalue weighted by Gasteiger charge is -2.16. The molecule has 6 heteroatoms. The van der Waals surface area contributed by atoms with Gasteiger partial charge >= 0.3 is 0 Å². The molecule has 0 radical (unpaired) electrons. The number of amides is 1. The summed E-state index contributed by atoms with van der Waals surface area (Å²) < 4.78 is 15.0. The summed E-state index contributed by atoms with van der Waals surface area (Å²) in [5, 5.41) is 0. The predicted molar refractivity (Wildman–Crippen MR) is 88.2 cm³/mol.